The SMILES string of the molecule is CO[Si](C)(C)CC[Si](C)(C)C1CCC(N)CC1. The van der Waals surface area contributed by atoms with Gasteiger partial charge in [0.25, 0.3) is 0 Å². The van der Waals surface area contributed by atoms with Crippen LogP contribution < -0.4 is 5.73 Å². The lowest BCUT2D eigenvalue weighted by molar-refractivity contribution is 0.404. The molecule has 1 aliphatic carbocycles. The van der Waals surface area contributed by atoms with E-state index in [9.17, 15) is 0 Å². The summed E-state index contributed by atoms with van der Waals surface area (Å²) in [6.45, 7) is 9.84. The van der Waals surface area contributed by atoms with Gasteiger partial charge < -0.3 is 10.2 Å². The lowest BCUT2D eigenvalue weighted by Gasteiger charge is -2.38. The molecule has 4 heteroatoms. The Morgan fingerprint density at radius 1 is 1.00 bits per heavy atom. The minimum absolute atomic E-state index is 0.487. The van der Waals surface area contributed by atoms with Crippen LogP contribution >= 0.6 is 0 Å². The van der Waals surface area contributed by atoms with Gasteiger partial charge in [0.2, 0.25) is 0 Å². The second kappa shape index (κ2) is 6.00. The van der Waals surface area contributed by atoms with Gasteiger partial charge in [0.15, 0.2) is 8.32 Å². The number of rotatable bonds is 5. The molecule has 0 bridgehead atoms. The van der Waals surface area contributed by atoms with Gasteiger partial charge in [-0.1, -0.05) is 32.0 Å². The van der Waals surface area contributed by atoms with Gasteiger partial charge in [-0.25, -0.2) is 0 Å². The van der Waals surface area contributed by atoms with Crippen LogP contribution in [0.3, 0.4) is 0 Å². The maximum atomic E-state index is 6.01. The predicted octanol–water partition coefficient (Wildman–Crippen LogP) is 3.82. The molecule has 0 unspecified atom stereocenters. The third kappa shape index (κ3) is 4.85. The Hall–Kier alpha value is 0.354. The average molecular weight is 274 g/mol. The number of nitrogens with two attached hydrogens (primary N) is 1. The van der Waals surface area contributed by atoms with Gasteiger partial charge in [-0.15, -0.1) is 0 Å². The molecule has 1 rings (SSSR count). The molecular weight excluding hydrogens is 242 g/mol. The van der Waals surface area contributed by atoms with Crippen molar-refractivity contribution < 1.29 is 4.43 Å². The van der Waals surface area contributed by atoms with Crippen molar-refractivity contribution in [2.45, 2.75) is 75.5 Å². The molecule has 0 heterocycles. The Balaban J connectivity index is 2.45. The summed E-state index contributed by atoms with van der Waals surface area (Å²) in [4.78, 5) is 0. The van der Waals surface area contributed by atoms with E-state index in [0.717, 1.165) is 5.54 Å². The average Bonchev–Trinajstić information content (AvgIpc) is 2.27. The Kier molecular flexibility index (Phi) is 5.44. The molecule has 102 valence electrons. The van der Waals surface area contributed by atoms with Crippen LogP contribution in [0.5, 0.6) is 0 Å². The number of hydrogen-bond acceptors (Lipinski definition) is 2. The van der Waals surface area contributed by atoms with Crippen molar-refractivity contribution in [2.24, 2.45) is 5.73 Å². The normalized spacial score (nSPS) is 27.2. The van der Waals surface area contributed by atoms with Crippen LogP contribution in [0.1, 0.15) is 25.7 Å². The van der Waals surface area contributed by atoms with E-state index < -0.39 is 16.4 Å². The fraction of sp³-hybridized carbons (Fsp3) is 1.00. The highest BCUT2D eigenvalue weighted by atomic mass is 28.4. The van der Waals surface area contributed by atoms with E-state index >= 15 is 0 Å². The summed E-state index contributed by atoms with van der Waals surface area (Å²) >= 11 is 0. The summed E-state index contributed by atoms with van der Waals surface area (Å²) in [6.07, 6.45) is 5.28. The highest BCUT2D eigenvalue weighted by Gasteiger charge is 2.35. The van der Waals surface area contributed by atoms with E-state index in [1.807, 2.05) is 7.11 Å². The molecule has 1 aliphatic rings. The van der Waals surface area contributed by atoms with E-state index in [-0.39, 0.29) is 0 Å². The van der Waals surface area contributed by atoms with Gasteiger partial charge in [-0.3, -0.25) is 0 Å². The van der Waals surface area contributed by atoms with E-state index in [1.54, 1.807) is 0 Å². The van der Waals surface area contributed by atoms with Crippen LogP contribution in [-0.2, 0) is 4.43 Å². The van der Waals surface area contributed by atoms with Crippen LogP contribution in [-0.4, -0.2) is 29.5 Å². The van der Waals surface area contributed by atoms with Gasteiger partial charge in [0.05, 0.1) is 8.07 Å². The molecule has 17 heavy (non-hydrogen) atoms. The summed E-state index contributed by atoms with van der Waals surface area (Å²) in [5, 5.41) is 0. The molecule has 0 aromatic heterocycles. The van der Waals surface area contributed by atoms with Gasteiger partial charge in [-0.2, -0.15) is 0 Å². The molecule has 0 radical (unpaired) electrons. The standard InChI is InChI=1S/C13H31NOSi2/c1-15-17(4,5)11-10-16(2,3)13-8-6-12(14)7-9-13/h12-13H,6-11,14H2,1-5H3. The third-order valence-electron chi connectivity index (χ3n) is 4.80. The second-order valence-electron chi connectivity index (χ2n) is 7.06. The zero-order chi connectivity index (χ0) is 13.1. The molecule has 0 spiro atoms. The third-order valence-corrected chi connectivity index (χ3v) is 12.2. The topological polar surface area (TPSA) is 35.2 Å². The molecule has 2 N–H and O–H groups in total. The minimum Gasteiger partial charge on any atom is -0.420 e. The zero-order valence-corrected chi connectivity index (χ0v) is 14.4. The summed E-state index contributed by atoms with van der Waals surface area (Å²) in [5.74, 6) is 0. The summed E-state index contributed by atoms with van der Waals surface area (Å²) < 4.78 is 5.68. The van der Waals surface area contributed by atoms with Crippen molar-refractivity contribution in [3.05, 3.63) is 0 Å². The molecule has 0 amide bonds. The molecule has 0 aromatic rings. The molecule has 1 fully saturated rings. The highest BCUT2D eigenvalue weighted by molar-refractivity contribution is 6.81. The largest absolute Gasteiger partial charge is 0.420 e. The molecule has 0 aromatic carbocycles. The lowest BCUT2D eigenvalue weighted by atomic mass is 9.96. The number of hydrogen-bond donors (Lipinski definition) is 1. The van der Waals surface area contributed by atoms with Crippen molar-refractivity contribution in [3.8, 4) is 0 Å². The summed E-state index contributed by atoms with van der Waals surface area (Å²) in [5.41, 5.74) is 7.01. The van der Waals surface area contributed by atoms with Crippen molar-refractivity contribution in [1.82, 2.24) is 0 Å². The monoisotopic (exact) mass is 273 g/mol. The quantitative estimate of drug-likeness (QED) is 0.773. The maximum Gasteiger partial charge on any atom is 0.185 e. The smallest absolute Gasteiger partial charge is 0.185 e. The molecule has 1 saturated carbocycles. The van der Waals surface area contributed by atoms with Gasteiger partial charge in [0, 0.05) is 13.2 Å². The second-order valence-corrected chi connectivity index (χ2v) is 16.8. The first kappa shape index (κ1) is 15.4. The van der Waals surface area contributed by atoms with Crippen LogP contribution in [0.15, 0.2) is 0 Å². The first-order chi connectivity index (χ1) is 7.77. The Bertz CT molecular complexity index is 236. The maximum absolute atomic E-state index is 6.01. The Morgan fingerprint density at radius 2 is 1.53 bits per heavy atom. The summed E-state index contributed by atoms with van der Waals surface area (Å²) in [6, 6.07) is 3.27. The van der Waals surface area contributed by atoms with E-state index in [4.69, 9.17) is 10.2 Å². The van der Waals surface area contributed by atoms with E-state index in [1.165, 1.54) is 37.8 Å². The molecule has 2 nitrogen and oxygen atoms in total. The van der Waals surface area contributed by atoms with E-state index in [2.05, 4.69) is 26.2 Å². The Morgan fingerprint density at radius 3 is 2.00 bits per heavy atom. The van der Waals surface area contributed by atoms with Crippen molar-refractivity contribution >= 4 is 16.4 Å². The van der Waals surface area contributed by atoms with Crippen LogP contribution in [0.4, 0.5) is 0 Å². The van der Waals surface area contributed by atoms with Crippen molar-refractivity contribution in [1.29, 1.82) is 0 Å². The summed E-state index contributed by atoms with van der Waals surface area (Å²) in [7, 11) is -0.524. The molecule has 0 atom stereocenters. The first-order valence-corrected chi connectivity index (χ1v) is 13.5. The van der Waals surface area contributed by atoms with Crippen LogP contribution in [0.25, 0.3) is 0 Å². The minimum atomic E-state index is -1.35. The fourth-order valence-corrected chi connectivity index (χ4v) is 10.3. The Labute approximate surface area is 109 Å². The van der Waals surface area contributed by atoms with E-state index in [0.29, 0.717) is 6.04 Å². The zero-order valence-electron chi connectivity index (χ0n) is 12.4. The van der Waals surface area contributed by atoms with Crippen LogP contribution in [0, 0.1) is 0 Å². The van der Waals surface area contributed by atoms with Crippen molar-refractivity contribution in [3.63, 3.8) is 0 Å². The first-order valence-electron chi connectivity index (χ1n) is 7.07. The van der Waals surface area contributed by atoms with Gasteiger partial charge in [0.1, 0.15) is 0 Å². The lowest BCUT2D eigenvalue weighted by Crippen LogP contribution is -2.40. The highest BCUT2D eigenvalue weighted by Crippen LogP contribution is 2.40. The van der Waals surface area contributed by atoms with Crippen molar-refractivity contribution in [2.75, 3.05) is 7.11 Å². The van der Waals surface area contributed by atoms with Crippen LogP contribution in [0.2, 0.25) is 43.8 Å². The molecule has 0 aliphatic heterocycles. The molecule has 0 saturated heterocycles. The van der Waals surface area contributed by atoms with Gasteiger partial charge in [-0.05, 0) is 37.5 Å². The fourth-order valence-electron chi connectivity index (χ4n) is 2.83. The van der Waals surface area contributed by atoms with Gasteiger partial charge >= 0.3 is 0 Å². The molecular formula is C13H31NOSi2. The predicted molar refractivity (Wildman–Crippen MR) is 81.8 cm³/mol.